The van der Waals surface area contributed by atoms with Gasteiger partial charge in [0.2, 0.25) is 0 Å². The van der Waals surface area contributed by atoms with E-state index in [0.717, 1.165) is 41.9 Å². The quantitative estimate of drug-likeness (QED) is 0.738. The van der Waals surface area contributed by atoms with Gasteiger partial charge >= 0.3 is 0 Å². The van der Waals surface area contributed by atoms with E-state index < -0.39 is 0 Å². The van der Waals surface area contributed by atoms with Crippen molar-refractivity contribution >= 4 is 16.7 Å². The first-order valence-corrected chi connectivity index (χ1v) is 6.91. The van der Waals surface area contributed by atoms with Crippen LogP contribution in [0.2, 0.25) is 0 Å². The molecule has 0 fully saturated rings. The molecule has 0 atom stereocenters. The number of fused-ring (bicyclic) bond motifs is 1. The van der Waals surface area contributed by atoms with Crippen molar-refractivity contribution in [1.29, 1.82) is 0 Å². The van der Waals surface area contributed by atoms with Gasteiger partial charge in [0.05, 0.1) is 17.6 Å². The molecule has 4 nitrogen and oxygen atoms in total. The number of benzene rings is 1. The van der Waals surface area contributed by atoms with Crippen molar-refractivity contribution in [3.63, 3.8) is 0 Å². The minimum Gasteiger partial charge on any atom is -0.399 e. The topological polar surface area (TPSA) is 56.7 Å². The zero-order valence-corrected chi connectivity index (χ0v) is 11.6. The van der Waals surface area contributed by atoms with Crippen molar-refractivity contribution in [3.8, 4) is 0 Å². The number of rotatable bonds is 4. The summed E-state index contributed by atoms with van der Waals surface area (Å²) < 4.78 is 2.26. The van der Waals surface area contributed by atoms with Crippen LogP contribution in [0.5, 0.6) is 0 Å². The third kappa shape index (κ3) is 2.37. The van der Waals surface area contributed by atoms with Crippen molar-refractivity contribution in [3.05, 3.63) is 54.1 Å². The van der Waals surface area contributed by atoms with E-state index in [1.807, 2.05) is 30.5 Å². The lowest BCUT2D eigenvalue weighted by Crippen LogP contribution is -2.05. The maximum absolute atomic E-state index is 5.85. The smallest absolute Gasteiger partial charge is 0.110 e. The fourth-order valence-electron chi connectivity index (χ4n) is 2.46. The number of hydrogen-bond acceptors (Lipinski definition) is 3. The second kappa shape index (κ2) is 5.33. The Kier molecular flexibility index (Phi) is 3.37. The second-order valence-corrected chi connectivity index (χ2v) is 4.97. The van der Waals surface area contributed by atoms with Gasteiger partial charge in [-0.3, -0.25) is 4.98 Å². The summed E-state index contributed by atoms with van der Waals surface area (Å²) in [6.07, 6.45) is 5.74. The highest BCUT2D eigenvalue weighted by Crippen LogP contribution is 2.21. The van der Waals surface area contributed by atoms with E-state index in [2.05, 4.69) is 22.5 Å². The molecule has 0 aliphatic heterocycles. The third-order valence-corrected chi connectivity index (χ3v) is 3.39. The third-order valence-electron chi connectivity index (χ3n) is 3.39. The first-order valence-electron chi connectivity index (χ1n) is 6.91. The Morgan fingerprint density at radius 3 is 2.90 bits per heavy atom. The average molecular weight is 266 g/mol. The summed E-state index contributed by atoms with van der Waals surface area (Å²) >= 11 is 0. The minimum absolute atomic E-state index is 0.756. The van der Waals surface area contributed by atoms with Crippen LogP contribution in [-0.4, -0.2) is 14.5 Å². The Balaban J connectivity index is 2.09. The summed E-state index contributed by atoms with van der Waals surface area (Å²) in [5.74, 6) is 1.11. The number of anilines is 1. The number of nitrogens with zero attached hydrogens (tertiary/aromatic N) is 3. The lowest BCUT2D eigenvalue weighted by molar-refractivity contribution is 0.720. The van der Waals surface area contributed by atoms with Gasteiger partial charge in [-0.1, -0.05) is 13.0 Å². The van der Waals surface area contributed by atoms with E-state index in [-0.39, 0.29) is 0 Å². The van der Waals surface area contributed by atoms with Gasteiger partial charge < -0.3 is 10.3 Å². The summed E-state index contributed by atoms with van der Waals surface area (Å²) in [4.78, 5) is 8.90. The van der Waals surface area contributed by atoms with E-state index in [1.54, 1.807) is 6.20 Å². The van der Waals surface area contributed by atoms with Crippen molar-refractivity contribution in [2.24, 2.45) is 0 Å². The van der Waals surface area contributed by atoms with Gasteiger partial charge in [0.25, 0.3) is 0 Å². The van der Waals surface area contributed by atoms with Crippen LogP contribution in [0.1, 0.15) is 24.7 Å². The van der Waals surface area contributed by atoms with Gasteiger partial charge in [-0.25, -0.2) is 4.98 Å². The number of imidazole rings is 1. The van der Waals surface area contributed by atoms with Gasteiger partial charge in [-0.05, 0) is 36.2 Å². The molecule has 0 unspecified atom stereocenters. The SMILES string of the molecule is CCCc1nc2cc(N)ccc2n1Cc1cccnc1. The van der Waals surface area contributed by atoms with Crippen LogP contribution in [0.25, 0.3) is 11.0 Å². The number of pyridine rings is 1. The van der Waals surface area contributed by atoms with Crippen LogP contribution in [0.15, 0.2) is 42.7 Å². The summed E-state index contributed by atoms with van der Waals surface area (Å²) in [5, 5.41) is 0. The number of nitrogens with two attached hydrogens (primary N) is 1. The molecule has 3 aromatic rings. The minimum atomic E-state index is 0.756. The molecule has 4 heteroatoms. The summed E-state index contributed by atoms with van der Waals surface area (Å²) in [6.45, 7) is 2.96. The van der Waals surface area contributed by atoms with Crippen molar-refractivity contribution < 1.29 is 0 Å². The normalized spacial score (nSPS) is 11.1. The predicted octanol–water partition coefficient (Wildman–Crippen LogP) is 3.01. The fraction of sp³-hybridized carbons (Fsp3) is 0.250. The number of nitrogen functional groups attached to an aromatic ring is 1. The molecule has 0 bridgehead atoms. The highest BCUT2D eigenvalue weighted by atomic mass is 15.1. The Labute approximate surface area is 118 Å². The van der Waals surface area contributed by atoms with Gasteiger partial charge in [-0.2, -0.15) is 0 Å². The molecule has 102 valence electrons. The molecule has 0 amide bonds. The number of hydrogen-bond donors (Lipinski definition) is 1. The second-order valence-electron chi connectivity index (χ2n) is 4.97. The van der Waals surface area contributed by atoms with Crippen LogP contribution < -0.4 is 5.73 Å². The van der Waals surface area contributed by atoms with E-state index in [1.165, 1.54) is 5.56 Å². The van der Waals surface area contributed by atoms with Gasteiger partial charge in [0.15, 0.2) is 0 Å². The monoisotopic (exact) mass is 266 g/mol. The zero-order chi connectivity index (χ0) is 13.9. The predicted molar refractivity (Wildman–Crippen MR) is 81.5 cm³/mol. The van der Waals surface area contributed by atoms with E-state index >= 15 is 0 Å². The van der Waals surface area contributed by atoms with Gasteiger partial charge in [0.1, 0.15) is 5.82 Å². The Morgan fingerprint density at radius 1 is 1.25 bits per heavy atom. The molecule has 0 aliphatic carbocycles. The Hall–Kier alpha value is -2.36. The largest absolute Gasteiger partial charge is 0.399 e. The van der Waals surface area contributed by atoms with Crippen LogP contribution in [0.4, 0.5) is 5.69 Å². The van der Waals surface area contributed by atoms with Crippen molar-refractivity contribution in [1.82, 2.24) is 14.5 Å². The summed E-state index contributed by atoms with van der Waals surface area (Å²) in [6, 6.07) is 9.97. The maximum atomic E-state index is 5.85. The van der Waals surface area contributed by atoms with E-state index in [9.17, 15) is 0 Å². The molecule has 20 heavy (non-hydrogen) atoms. The number of aromatic nitrogens is 3. The first kappa shape index (κ1) is 12.7. The van der Waals surface area contributed by atoms with Gasteiger partial charge in [0, 0.05) is 24.5 Å². The Morgan fingerprint density at radius 2 is 2.15 bits per heavy atom. The molecule has 0 saturated carbocycles. The summed E-state index contributed by atoms with van der Waals surface area (Å²) in [5.41, 5.74) is 9.89. The summed E-state index contributed by atoms with van der Waals surface area (Å²) in [7, 11) is 0. The fourth-order valence-corrected chi connectivity index (χ4v) is 2.46. The molecule has 0 aliphatic rings. The molecule has 0 spiro atoms. The molecular weight excluding hydrogens is 248 g/mol. The highest BCUT2D eigenvalue weighted by Gasteiger charge is 2.10. The van der Waals surface area contributed by atoms with Crippen LogP contribution >= 0.6 is 0 Å². The van der Waals surface area contributed by atoms with Crippen LogP contribution in [0, 0.1) is 0 Å². The highest BCUT2D eigenvalue weighted by molar-refractivity contribution is 5.79. The molecule has 3 rings (SSSR count). The molecule has 1 aromatic carbocycles. The maximum Gasteiger partial charge on any atom is 0.110 e. The molecular formula is C16H18N4. The molecule has 0 radical (unpaired) electrons. The first-order chi connectivity index (χ1) is 9.78. The molecule has 2 N–H and O–H groups in total. The molecule has 2 aromatic heterocycles. The lowest BCUT2D eigenvalue weighted by Gasteiger charge is -2.08. The van der Waals surface area contributed by atoms with Gasteiger partial charge in [-0.15, -0.1) is 0 Å². The van der Waals surface area contributed by atoms with E-state index in [0.29, 0.717) is 0 Å². The van der Waals surface area contributed by atoms with E-state index in [4.69, 9.17) is 10.7 Å². The molecule has 2 heterocycles. The average Bonchev–Trinajstić information content (AvgIpc) is 2.77. The van der Waals surface area contributed by atoms with Crippen molar-refractivity contribution in [2.75, 3.05) is 5.73 Å². The lowest BCUT2D eigenvalue weighted by atomic mass is 10.2. The zero-order valence-electron chi connectivity index (χ0n) is 11.6. The number of aryl methyl sites for hydroxylation is 1. The van der Waals surface area contributed by atoms with Crippen molar-refractivity contribution in [2.45, 2.75) is 26.3 Å². The van der Waals surface area contributed by atoms with Crippen LogP contribution in [-0.2, 0) is 13.0 Å². The standard InChI is InChI=1S/C16H18N4/c1-2-4-16-19-14-9-13(17)6-7-15(14)20(16)11-12-5-3-8-18-10-12/h3,5-10H,2,4,11,17H2,1H3. The van der Waals surface area contributed by atoms with Crippen LogP contribution in [0.3, 0.4) is 0 Å². The molecule has 0 saturated heterocycles. The Bertz CT molecular complexity index is 716.